The fourth-order valence-electron chi connectivity index (χ4n) is 11.0. The lowest BCUT2D eigenvalue weighted by Gasteiger charge is -2.21. The van der Waals surface area contributed by atoms with Crippen LogP contribution in [0.1, 0.15) is 25.0 Å². The summed E-state index contributed by atoms with van der Waals surface area (Å²) in [5, 5.41) is 7.37. The first kappa shape index (κ1) is 34.6. The van der Waals surface area contributed by atoms with E-state index in [0.29, 0.717) is 0 Å². The number of fused-ring (bicyclic) bond motifs is 13. The fraction of sp³-hybridized carbons (Fsp3) is 0.0517. The first-order chi connectivity index (χ1) is 31.0. The monoisotopic (exact) mass is 806 g/mol. The Labute approximate surface area is 362 Å². The van der Waals surface area contributed by atoms with Gasteiger partial charge >= 0.3 is 0 Å². The van der Waals surface area contributed by atoms with Crippen LogP contribution in [0, 0.1) is 0 Å². The summed E-state index contributed by atoms with van der Waals surface area (Å²) in [7, 11) is 0. The number of hydrogen-bond donors (Lipinski definition) is 0. The maximum absolute atomic E-state index is 5.63. The van der Waals surface area contributed by atoms with E-state index in [9.17, 15) is 0 Å². The molecule has 5 nitrogen and oxygen atoms in total. The lowest BCUT2D eigenvalue weighted by atomic mass is 9.82. The standard InChI is InChI=1S/C58H38N4O/c1-58(2)48-19-11-9-17-40(48)44-31-54-45(30-49(44)58)42-24-21-35(27-52(42)60(54)37-13-5-3-6-14-37)36-22-25-43-47-33-56-46(32-55(47)61(53(43)28-36)38-15-7-4-8-16-38)41-18-10-12-20-51(41)62(56)39-23-26-57-50(29-39)59-34-63-57/h3-34H,1-2H3. The van der Waals surface area contributed by atoms with Crippen molar-refractivity contribution in [1.82, 2.24) is 18.7 Å². The largest absolute Gasteiger partial charge is 0.443 e. The molecule has 296 valence electrons. The summed E-state index contributed by atoms with van der Waals surface area (Å²) >= 11 is 0. The number of rotatable bonds is 4. The maximum atomic E-state index is 5.63. The van der Waals surface area contributed by atoms with Gasteiger partial charge in [-0.05, 0) is 118 Å². The lowest BCUT2D eigenvalue weighted by Crippen LogP contribution is -2.14. The quantitative estimate of drug-likeness (QED) is 0.178. The van der Waals surface area contributed by atoms with Crippen LogP contribution in [-0.4, -0.2) is 18.7 Å². The van der Waals surface area contributed by atoms with Gasteiger partial charge in [-0.3, -0.25) is 0 Å². The van der Waals surface area contributed by atoms with Crippen LogP contribution in [0.15, 0.2) is 199 Å². The Balaban J connectivity index is 1.01. The molecule has 0 aliphatic heterocycles. The van der Waals surface area contributed by atoms with Gasteiger partial charge in [0, 0.05) is 54.8 Å². The minimum atomic E-state index is -0.0816. The second kappa shape index (κ2) is 12.5. The Morgan fingerprint density at radius 1 is 0.381 bits per heavy atom. The molecule has 13 aromatic rings. The summed E-state index contributed by atoms with van der Waals surface area (Å²) in [4.78, 5) is 4.50. The molecule has 0 unspecified atom stereocenters. The number of para-hydroxylation sites is 3. The van der Waals surface area contributed by atoms with Crippen molar-refractivity contribution in [3.8, 4) is 39.3 Å². The highest BCUT2D eigenvalue weighted by atomic mass is 16.3. The molecule has 4 aromatic heterocycles. The minimum Gasteiger partial charge on any atom is -0.443 e. The van der Waals surface area contributed by atoms with E-state index in [0.717, 1.165) is 39.2 Å². The molecular formula is C58H38N4O. The summed E-state index contributed by atoms with van der Waals surface area (Å²) in [6.45, 7) is 4.73. The van der Waals surface area contributed by atoms with Crippen LogP contribution in [0.4, 0.5) is 0 Å². The van der Waals surface area contributed by atoms with Crippen molar-refractivity contribution in [2.75, 3.05) is 0 Å². The van der Waals surface area contributed by atoms with Crippen LogP contribution >= 0.6 is 0 Å². The van der Waals surface area contributed by atoms with Crippen LogP contribution in [0.3, 0.4) is 0 Å². The van der Waals surface area contributed by atoms with Crippen LogP contribution in [0.2, 0.25) is 0 Å². The number of oxazole rings is 1. The van der Waals surface area contributed by atoms with Gasteiger partial charge in [-0.2, -0.15) is 0 Å². The van der Waals surface area contributed by atoms with Gasteiger partial charge in [0.15, 0.2) is 12.0 Å². The fourth-order valence-corrected chi connectivity index (χ4v) is 11.0. The third kappa shape index (κ3) is 4.74. The van der Waals surface area contributed by atoms with Gasteiger partial charge in [0.05, 0.1) is 33.1 Å². The maximum Gasteiger partial charge on any atom is 0.181 e. The first-order valence-electron chi connectivity index (χ1n) is 21.7. The highest BCUT2D eigenvalue weighted by molar-refractivity contribution is 6.20. The van der Waals surface area contributed by atoms with Crippen molar-refractivity contribution < 1.29 is 4.42 Å². The van der Waals surface area contributed by atoms with Crippen molar-refractivity contribution in [3.63, 3.8) is 0 Å². The summed E-state index contributed by atoms with van der Waals surface area (Å²) in [6.07, 6.45) is 1.52. The van der Waals surface area contributed by atoms with Crippen LogP contribution in [0.25, 0.3) is 116 Å². The summed E-state index contributed by atoms with van der Waals surface area (Å²) in [6, 6.07) is 69.3. The second-order valence-electron chi connectivity index (χ2n) is 17.6. The molecule has 0 saturated carbocycles. The highest BCUT2D eigenvalue weighted by Crippen LogP contribution is 2.51. The minimum absolute atomic E-state index is 0.0816. The first-order valence-corrected chi connectivity index (χ1v) is 21.7. The van der Waals surface area contributed by atoms with E-state index in [-0.39, 0.29) is 5.41 Å². The zero-order valence-electron chi connectivity index (χ0n) is 34.7. The van der Waals surface area contributed by atoms with E-state index in [1.807, 2.05) is 6.07 Å². The zero-order chi connectivity index (χ0) is 41.6. The van der Waals surface area contributed by atoms with E-state index in [4.69, 9.17) is 4.42 Å². The van der Waals surface area contributed by atoms with Crippen molar-refractivity contribution in [2.45, 2.75) is 19.3 Å². The molecule has 9 aromatic carbocycles. The van der Waals surface area contributed by atoms with Gasteiger partial charge in [0.1, 0.15) is 5.52 Å². The van der Waals surface area contributed by atoms with E-state index < -0.39 is 0 Å². The summed E-state index contributed by atoms with van der Waals surface area (Å²) < 4.78 is 12.9. The molecule has 14 rings (SSSR count). The molecule has 0 saturated heterocycles. The van der Waals surface area contributed by atoms with Crippen LogP contribution < -0.4 is 0 Å². The third-order valence-corrected chi connectivity index (χ3v) is 14.0. The normalized spacial score (nSPS) is 13.4. The van der Waals surface area contributed by atoms with Gasteiger partial charge in [-0.1, -0.05) is 117 Å². The van der Waals surface area contributed by atoms with E-state index in [1.54, 1.807) is 0 Å². The molecule has 5 heteroatoms. The molecule has 0 radical (unpaired) electrons. The van der Waals surface area contributed by atoms with Gasteiger partial charge < -0.3 is 18.1 Å². The molecule has 4 heterocycles. The van der Waals surface area contributed by atoms with Gasteiger partial charge in [-0.25, -0.2) is 4.98 Å². The number of aromatic nitrogens is 4. The van der Waals surface area contributed by atoms with E-state index >= 15 is 0 Å². The SMILES string of the molecule is CC1(C)c2ccccc2-c2cc3c(cc21)c1ccc(-c2ccc4c5cc6c(cc5n(-c5ccccc5)c4c2)c2ccccc2n6-c2ccc4ocnc4c2)cc1n3-c1ccccc1. The molecule has 0 N–H and O–H groups in total. The smallest absolute Gasteiger partial charge is 0.181 e. The molecular weight excluding hydrogens is 769 g/mol. The molecule has 1 aliphatic rings. The Bertz CT molecular complexity index is 4050. The van der Waals surface area contributed by atoms with Crippen molar-refractivity contribution >= 4 is 76.5 Å². The Morgan fingerprint density at radius 2 is 0.921 bits per heavy atom. The second-order valence-corrected chi connectivity index (χ2v) is 17.6. The van der Waals surface area contributed by atoms with Crippen molar-refractivity contribution in [2.24, 2.45) is 0 Å². The Hall–Kier alpha value is -8.15. The number of hydrogen-bond acceptors (Lipinski definition) is 2. The zero-order valence-corrected chi connectivity index (χ0v) is 34.7. The molecule has 63 heavy (non-hydrogen) atoms. The molecule has 0 fully saturated rings. The van der Waals surface area contributed by atoms with Gasteiger partial charge in [-0.15, -0.1) is 0 Å². The van der Waals surface area contributed by atoms with E-state index in [2.05, 4.69) is 215 Å². The topological polar surface area (TPSA) is 40.8 Å². The highest BCUT2D eigenvalue weighted by Gasteiger charge is 2.36. The molecule has 0 spiro atoms. The third-order valence-electron chi connectivity index (χ3n) is 14.0. The average molecular weight is 807 g/mol. The van der Waals surface area contributed by atoms with Crippen LogP contribution in [0.5, 0.6) is 0 Å². The van der Waals surface area contributed by atoms with Gasteiger partial charge in [0.2, 0.25) is 0 Å². The number of benzene rings is 9. The van der Waals surface area contributed by atoms with Gasteiger partial charge in [0.25, 0.3) is 0 Å². The van der Waals surface area contributed by atoms with Crippen molar-refractivity contribution in [1.29, 1.82) is 0 Å². The molecule has 1 aliphatic carbocycles. The molecule has 0 bridgehead atoms. The molecule has 0 atom stereocenters. The van der Waals surface area contributed by atoms with Crippen molar-refractivity contribution in [3.05, 3.63) is 206 Å². The Kier molecular flexibility index (Phi) is 6.84. The number of nitrogens with zero attached hydrogens (tertiary/aromatic N) is 4. The Morgan fingerprint density at radius 3 is 1.60 bits per heavy atom. The summed E-state index contributed by atoms with van der Waals surface area (Å²) in [5.74, 6) is 0. The van der Waals surface area contributed by atoms with E-state index in [1.165, 1.54) is 94.2 Å². The predicted octanol–water partition coefficient (Wildman–Crippen LogP) is 15.1. The van der Waals surface area contributed by atoms with Crippen LogP contribution in [-0.2, 0) is 5.41 Å². The predicted molar refractivity (Wildman–Crippen MR) is 260 cm³/mol. The average Bonchev–Trinajstić information content (AvgIpc) is 4.13. The summed E-state index contributed by atoms with van der Waals surface area (Å²) in [5.41, 5.74) is 19.8. The molecule has 0 amide bonds. The lowest BCUT2D eigenvalue weighted by molar-refractivity contribution is 0.602.